The van der Waals surface area contributed by atoms with Gasteiger partial charge in [0.25, 0.3) is 0 Å². The van der Waals surface area contributed by atoms with Crippen LogP contribution in [0.1, 0.15) is 34.6 Å². The van der Waals surface area contributed by atoms with Crippen LogP contribution in [-0.2, 0) is 11.3 Å². The van der Waals surface area contributed by atoms with Crippen molar-refractivity contribution in [3.63, 3.8) is 0 Å². The highest BCUT2D eigenvalue weighted by Gasteiger charge is 2.21. The fraction of sp³-hybridized carbons (Fsp3) is 0.367. The molecule has 0 atom stereocenters. The first-order valence-corrected chi connectivity index (χ1v) is 12.8. The number of aryl methyl sites for hydroxylation is 1. The van der Waals surface area contributed by atoms with E-state index in [2.05, 4.69) is 58.7 Å². The summed E-state index contributed by atoms with van der Waals surface area (Å²) >= 11 is 0. The summed E-state index contributed by atoms with van der Waals surface area (Å²) in [5.74, 6) is 0.200. The van der Waals surface area contributed by atoms with Gasteiger partial charge in [0.05, 0.1) is 19.8 Å². The summed E-state index contributed by atoms with van der Waals surface area (Å²) in [6.45, 7) is 7.25. The molecule has 36 heavy (non-hydrogen) atoms. The highest BCUT2D eigenvalue weighted by atomic mass is 16.5. The molecule has 6 heteroatoms. The maximum absolute atomic E-state index is 13.5. The monoisotopic (exact) mass is 487 g/mol. The maximum atomic E-state index is 13.5. The number of morpholine rings is 1. The molecule has 0 radical (unpaired) electrons. The lowest BCUT2D eigenvalue weighted by molar-refractivity contribution is 0.0351. The number of carbonyl (C=O) groups excluding carboxylic acids is 1. The topological polar surface area (TPSA) is 65.0 Å². The first-order valence-electron chi connectivity index (χ1n) is 12.8. The van der Waals surface area contributed by atoms with Crippen molar-refractivity contribution >= 4 is 11.7 Å². The Labute approximate surface area is 214 Å². The van der Waals surface area contributed by atoms with Crippen LogP contribution in [0.3, 0.4) is 0 Å². The molecule has 0 unspecified atom stereocenters. The maximum Gasteiger partial charge on any atom is 0.321 e. The van der Waals surface area contributed by atoms with Gasteiger partial charge in [-0.3, -0.25) is 4.90 Å². The molecule has 190 valence electrons. The Morgan fingerprint density at radius 3 is 2.22 bits per heavy atom. The smallest absolute Gasteiger partial charge is 0.321 e. The van der Waals surface area contributed by atoms with Crippen LogP contribution in [0.15, 0.2) is 78.9 Å². The lowest BCUT2D eigenvalue weighted by atomic mass is 9.88. The van der Waals surface area contributed by atoms with E-state index in [4.69, 9.17) is 4.74 Å². The van der Waals surface area contributed by atoms with Gasteiger partial charge < -0.3 is 20.1 Å². The third-order valence-electron chi connectivity index (χ3n) is 6.94. The van der Waals surface area contributed by atoms with E-state index in [9.17, 15) is 9.90 Å². The van der Waals surface area contributed by atoms with Crippen LogP contribution in [0.5, 0.6) is 0 Å². The standard InChI is InChI=1S/C30H37N3O3/c1-24-12-13-28(22-27(24)23-34)31-30(35)33(17-16-32-18-20-36-21-19-32)15-14-29(25-8-4-2-5-9-25)26-10-6-3-7-11-26/h2-13,22,29,34H,14-21,23H2,1H3,(H,31,35). The van der Waals surface area contributed by atoms with Gasteiger partial charge in [-0.25, -0.2) is 4.79 Å². The predicted molar refractivity (Wildman–Crippen MR) is 144 cm³/mol. The summed E-state index contributed by atoms with van der Waals surface area (Å²) < 4.78 is 5.49. The molecule has 4 rings (SSSR count). The highest BCUT2D eigenvalue weighted by Crippen LogP contribution is 2.28. The number of amides is 2. The number of aliphatic hydroxyl groups is 1. The predicted octanol–water partition coefficient (Wildman–Crippen LogP) is 4.88. The summed E-state index contributed by atoms with van der Waals surface area (Å²) in [6, 6.07) is 26.6. The van der Waals surface area contributed by atoms with Crippen molar-refractivity contribution in [1.29, 1.82) is 0 Å². The molecule has 1 fully saturated rings. The number of ether oxygens (including phenoxy) is 1. The van der Waals surface area contributed by atoms with E-state index in [0.717, 1.165) is 50.4 Å². The van der Waals surface area contributed by atoms with Gasteiger partial charge in [0.2, 0.25) is 0 Å². The number of nitrogens with zero attached hydrogens (tertiary/aromatic N) is 2. The molecule has 3 aromatic carbocycles. The average molecular weight is 488 g/mol. The van der Waals surface area contributed by atoms with Gasteiger partial charge in [0.15, 0.2) is 0 Å². The fourth-order valence-electron chi connectivity index (χ4n) is 4.71. The zero-order valence-electron chi connectivity index (χ0n) is 21.1. The molecule has 0 bridgehead atoms. The van der Waals surface area contributed by atoms with Crippen LogP contribution in [0.2, 0.25) is 0 Å². The van der Waals surface area contributed by atoms with Crippen LogP contribution < -0.4 is 5.32 Å². The molecule has 2 N–H and O–H groups in total. The van der Waals surface area contributed by atoms with Crippen LogP contribution in [0, 0.1) is 6.92 Å². The number of carbonyl (C=O) groups is 1. The summed E-state index contributed by atoms with van der Waals surface area (Å²) in [7, 11) is 0. The zero-order valence-corrected chi connectivity index (χ0v) is 21.1. The van der Waals surface area contributed by atoms with E-state index in [-0.39, 0.29) is 18.6 Å². The molecule has 1 aliphatic heterocycles. The largest absolute Gasteiger partial charge is 0.392 e. The second-order valence-corrected chi connectivity index (χ2v) is 9.33. The molecule has 0 spiro atoms. The SMILES string of the molecule is Cc1ccc(NC(=O)N(CCC(c2ccccc2)c2ccccc2)CCN2CCOCC2)cc1CO. The third kappa shape index (κ3) is 7.17. The number of hydrogen-bond acceptors (Lipinski definition) is 4. The van der Waals surface area contributed by atoms with Gasteiger partial charge in [0, 0.05) is 44.3 Å². The molecular weight excluding hydrogens is 450 g/mol. The van der Waals surface area contributed by atoms with Crippen LogP contribution in [0.25, 0.3) is 0 Å². The first-order chi connectivity index (χ1) is 17.6. The third-order valence-corrected chi connectivity index (χ3v) is 6.94. The molecule has 3 aromatic rings. The van der Waals surface area contributed by atoms with Gasteiger partial charge in [-0.05, 0) is 47.7 Å². The Balaban J connectivity index is 1.50. The molecule has 1 heterocycles. The van der Waals surface area contributed by atoms with Crippen LogP contribution in [-0.4, -0.2) is 66.9 Å². The minimum absolute atomic E-state index is 0.0495. The van der Waals surface area contributed by atoms with Gasteiger partial charge in [0.1, 0.15) is 0 Å². The molecule has 0 aromatic heterocycles. The van der Waals surface area contributed by atoms with Crippen molar-refractivity contribution in [3.8, 4) is 0 Å². The van der Waals surface area contributed by atoms with E-state index in [0.29, 0.717) is 18.8 Å². The number of hydrogen-bond donors (Lipinski definition) is 2. The molecular formula is C30H37N3O3. The molecule has 1 saturated heterocycles. The van der Waals surface area contributed by atoms with E-state index in [1.165, 1.54) is 11.1 Å². The number of urea groups is 1. The quantitative estimate of drug-likeness (QED) is 0.428. The van der Waals surface area contributed by atoms with Crippen molar-refractivity contribution in [2.75, 3.05) is 51.3 Å². The zero-order chi connectivity index (χ0) is 25.2. The number of aliphatic hydroxyl groups excluding tert-OH is 1. The van der Waals surface area contributed by atoms with E-state index in [1.54, 1.807) is 0 Å². The lowest BCUT2D eigenvalue weighted by Crippen LogP contribution is -2.44. The van der Waals surface area contributed by atoms with Gasteiger partial charge in [-0.15, -0.1) is 0 Å². The van der Waals surface area contributed by atoms with Crippen molar-refractivity contribution < 1.29 is 14.6 Å². The highest BCUT2D eigenvalue weighted by molar-refractivity contribution is 5.89. The number of anilines is 1. The molecule has 0 aliphatic carbocycles. The molecule has 1 aliphatic rings. The van der Waals surface area contributed by atoms with Gasteiger partial charge >= 0.3 is 6.03 Å². The van der Waals surface area contributed by atoms with Crippen molar-refractivity contribution in [3.05, 3.63) is 101 Å². The lowest BCUT2D eigenvalue weighted by Gasteiger charge is -2.31. The summed E-state index contributed by atoms with van der Waals surface area (Å²) in [4.78, 5) is 17.7. The Morgan fingerprint density at radius 2 is 1.61 bits per heavy atom. The second-order valence-electron chi connectivity index (χ2n) is 9.33. The van der Waals surface area contributed by atoms with Crippen molar-refractivity contribution in [2.45, 2.75) is 25.9 Å². The van der Waals surface area contributed by atoms with E-state index in [1.807, 2.05) is 42.2 Å². The second kappa shape index (κ2) is 13.2. The van der Waals surface area contributed by atoms with Gasteiger partial charge in [-0.1, -0.05) is 66.7 Å². The summed E-state index contributed by atoms with van der Waals surface area (Å²) in [5.41, 5.74) is 5.04. The molecule has 2 amide bonds. The molecule has 6 nitrogen and oxygen atoms in total. The number of rotatable bonds is 10. The van der Waals surface area contributed by atoms with E-state index < -0.39 is 0 Å². The average Bonchev–Trinajstić information content (AvgIpc) is 2.93. The Hall–Kier alpha value is -3.19. The number of nitrogens with one attached hydrogen (secondary N) is 1. The van der Waals surface area contributed by atoms with Crippen molar-refractivity contribution in [1.82, 2.24) is 9.80 Å². The first kappa shape index (κ1) is 25.9. The summed E-state index contributed by atoms with van der Waals surface area (Å²) in [5, 5.41) is 12.7. The summed E-state index contributed by atoms with van der Waals surface area (Å²) in [6.07, 6.45) is 0.820. The van der Waals surface area contributed by atoms with Gasteiger partial charge in [-0.2, -0.15) is 0 Å². The minimum Gasteiger partial charge on any atom is -0.392 e. The van der Waals surface area contributed by atoms with Crippen molar-refractivity contribution in [2.24, 2.45) is 0 Å². The number of benzene rings is 3. The van der Waals surface area contributed by atoms with Crippen LogP contribution in [0.4, 0.5) is 10.5 Å². The Bertz CT molecular complexity index is 1050. The normalized spacial score (nSPS) is 14.1. The minimum atomic E-state index is -0.115. The van der Waals surface area contributed by atoms with E-state index >= 15 is 0 Å². The fourth-order valence-corrected chi connectivity index (χ4v) is 4.71. The van der Waals surface area contributed by atoms with Crippen LogP contribution >= 0.6 is 0 Å². The molecule has 0 saturated carbocycles. The Morgan fingerprint density at radius 1 is 0.972 bits per heavy atom. The Kier molecular flexibility index (Phi) is 9.50.